The molecule has 0 fully saturated rings. The number of amides is 2. The number of nitrogens with one attached hydrogen (secondary N) is 2. The predicted molar refractivity (Wildman–Crippen MR) is 90.6 cm³/mol. The highest BCUT2D eigenvalue weighted by molar-refractivity contribution is 5.87. The molecule has 3 N–H and O–H groups in total. The second kappa shape index (κ2) is 9.46. The van der Waals surface area contributed by atoms with E-state index < -0.39 is 29.7 Å². The van der Waals surface area contributed by atoms with Gasteiger partial charge in [-0.3, -0.25) is 9.59 Å². The molecule has 0 aliphatic heterocycles. The van der Waals surface area contributed by atoms with Gasteiger partial charge in [0.05, 0.1) is 6.10 Å². The van der Waals surface area contributed by atoms with E-state index in [1.165, 1.54) is 0 Å². The van der Waals surface area contributed by atoms with Crippen molar-refractivity contribution in [3.05, 3.63) is 35.4 Å². The lowest BCUT2D eigenvalue weighted by Gasteiger charge is -2.23. The maximum absolute atomic E-state index is 13.6. The van der Waals surface area contributed by atoms with E-state index in [0.717, 1.165) is 12.1 Å². The summed E-state index contributed by atoms with van der Waals surface area (Å²) in [6.07, 6.45) is -1.01. The van der Waals surface area contributed by atoms with Crippen molar-refractivity contribution >= 4 is 11.8 Å². The lowest BCUT2D eigenvalue weighted by Crippen LogP contribution is -2.50. The molecule has 0 aliphatic carbocycles. The van der Waals surface area contributed by atoms with Crippen LogP contribution in [0.2, 0.25) is 0 Å². The topological polar surface area (TPSA) is 78.4 Å². The molecule has 0 radical (unpaired) electrons. The number of carbonyl (C=O) groups is 2. The maximum atomic E-state index is 13.6. The maximum Gasteiger partial charge on any atom is 0.242 e. The second-order valence-corrected chi connectivity index (χ2v) is 6.81. The number of rotatable bonds is 8. The smallest absolute Gasteiger partial charge is 0.242 e. The molecular weight excluding hydrogens is 330 g/mol. The summed E-state index contributed by atoms with van der Waals surface area (Å²) in [4.78, 5) is 24.2. The van der Waals surface area contributed by atoms with E-state index in [0.29, 0.717) is 12.5 Å². The van der Waals surface area contributed by atoms with E-state index in [4.69, 9.17) is 0 Å². The second-order valence-electron chi connectivity index (χ2n) is 6.81. The molecule has 25 heavy (non-hydrogen) atoms. The van der Waals surface area contributed by atoms with Gasteiger partial charge in [-0.2, -0.15) is 0 Å². The monoisotopic (exact) mass is 356 g/mol. The zero-order valence-corrected chi connectivity index (χ0v) is 15.0. The molecule has 0 saturated heterocycles. The van der Waals surface area contributed by atoms with Crippen LogP contribution in [0.4, 0.5) is 8.78 Å². The first-order valence-electron chi connectivity index (χ1n) is 8.31. The summed E-state index contributed by atoms with van der Waals surface area (Å²) in [5.74, 6) is -2.31. The fraction of sp³-hybridized carbons (Fsp3) is 0.556. The molecular formula is C18H26F2N2O3. The normalized spacial score (nSPS) is 13.6. The third kappa shape index (κ3) is 6.78. The molecule has 140 valence electrons. The first-order chi connectivity index (χ1) is 11.6. The van der Waals surface area contributed by atoms with Gasteiger partial charge in [-0.05, 0) is 17.9 Å². The quantitative estimate of drug-likeness (QED) is 0.669. The Morgan fingerprint density at radius 3 is 2.32 bits per heavy atom. The molecule has 0 heterocycles. The molecule has 5 nitrogen and oxygen atoms in total. The van der Waals surface area contributed by atoms with Crippen LogP contribution in [0.5, 0.6) is 0 Å². The minimum atomic E-state index is -1.32. The summed E-state index contributed by atoms with van der Waals surface area (Å²) >= 11 is 0. The van der Waals surface area contributed by atoms with Crippen LogP contribution in [0.1, 0.15) is 45.8 Å². The highest BCUT2D eigenvalue weighted by Gasteiger charge is 2.25. The Labute approximate surface area is 146 Å². The summed E-state index contributed by atoms with van der Waals surface area (Å²) < 4.78 is 26.5. The first-order valence-corrected chi connectivity index (χ1v) is 8.31. The van der Waals surface area contributed by atoms with Crippen molar-refractivity contribution < 1.29 is 23.5 Å². The third-order valence-electron chi connectivity index (χ3n) is 3.65. The Balaban J connectivity index is 2.66. The van der Waals surface area contributed by atoms with E-state index in [9.17, 15) is 23.5 Å². The molecule has 2 atom stereocenters. The first kappa shape index (κ1) is 21.0. The molecule has 0 aliphatic rings. The number of carbonyl (C=O) groups excluding carboxylic acids is 2. The molecule has 2 amide bonds. The number of halogens is 2. The number of hydrogen-bond donors (Lipinski definition) is 3. The van der Waals surface area contributed by atoms with Crippen LogP contribution in [0, 0.1) is 23.5 Å². The van der Waals surface area contributed by atoms with Gasteiger partial charge >= 0.3 is 0 Å². The van der Waals surface area contributed by atoms with Gasteiger partial charge in [0.1, 0.15) is 17.7 Å². The summed E-state index contributed by atoms with van der Waals surface area (Å²) in [7, 11) is 0. The van der Waals surface area contributed by atoms with Gasteiger partial charge in [-0.1, -0.05) is 33.8 Å². The largest absolute Gasteiger partial charge is 0.386 e. The molecule has 7 heteroatoms. The van der Waals surface area contributed by atoms with E-state index in [1.54, 1.807) is 13.8 Å². The van der Waals surface area contributed by atoms with Gasteiger partial charge in [0.15, 0.2) is 0 Å². The fourth-order valence-electron chi connectivity index (χ4n) is 2.33. The Morgan fingerprint density at radius 2 is 1.80 bits per heavy atom. The Kier molecular flexibility index (Phi) is 7.96. The van der Waals surface area contributed by atoms with Crippen LogP contribution in [0.25, 0.3) is 0 Å². The average molecular weight is 356 g/mol. The van der Waals surface area contributed by atoms with Crippen LogP contribution >= 0.6 is 0 Å². The van der Waals surface area contributed by atoms with Crippen LogP contribution in [0.3, 0.4) is 0 Å². The fourth-order valence-corrected chi connectivity index (χ4v) is 2.33. The molecule has 0 bridgehead atoms. The summed E-state index contributed by atoms with van der Waals surface area (Å²) in [5.41, 5.74) is -0.105. The van der Waals surface area contributed by atoms with Crippen molar-refractivity contribution in [2.24, 2.45) is 11.8 Å². The van der Waals surface area contributed by atoms with Gasteiger partial charge < -0.3 is 15.7 Å². The van der Waals surface area contributed by atoms with Crippen LogP contribution in [-0.2, 0) is 9.59 Å². The molecule has 0 aromatic heterocycles. The number of hydrogen-bond acceptors (Lipinski definition) is 3. The zero-order chi connectivity index (χ0) is 19.1. The van der Waals surface area contributed by atoms with Crippen molar-refractivity contribution in [1.29, 1.82) is 0 Å². The molecule has 1 rings (SSSR count). The van der Waals surface area contributed by atoms with Crippen molar-refractivity contribution in [3.63, 3.8) is 0 Å². The number of aliphatic hydroxyl groups is 1. The Hall–Kier alpha value is -2.02. The number of aliphatic hydroxyl groups excluding tert-OH is 1. The molecule has 1 aromatic rings. The van der Waals surface area contributed by atoms with E-state index in [1.807, 2.05) is 13.8 Å². The minimum Gasteiger partial charge on any atom is -0.386 e. The highest BCUT2D eigenvalue weighted by atomic mass is 19.1. The van der Waals surface area contributed by atoms with Gasteiger partial charge in [0.2, 0.25) is 11.8 Å². The Bertz CT molecular complexity index is 606. The van der Waals surface area contributed by atoms with Gasteiger partial charge in [0.25, 0.3) is 0 Å². The highest BCUT2D eigenvalue weighted by Crippen LogP contribution is 2.17. The summed E-state index contributed by atoms with van der Waals surface area (Å²) in [6.45, 7) is 7.13. The van der Waals surface area contributed by atoms with Crippen molar-refractivity contribution in [2.45, 2.75) is 46.3 Å². The lowest BCUT2D eigenvalue weighted by atomic mass is 10.0. The van der Waals surface area contributed by atoms with Gasteiger partial charge in [-0.25, -0.2) is 8.78 Å². The predicted octanol–water partition coefficient (Wildman–Crippen LogP) is 2.30. The van der Waals surface area contributed by atoms with Crippen molar-refractivity contribution in [1.82, 2.24) is 10.6 Å². The average Bonchev–Trinajstić information content (AvgIpc) is 2.49. The van der Waals surface area contributed by atoms with Gasteiger partial charge in [0, 0.05) is 24.6 Å². The SMILES string of the molecule is CC(C)CC(=O)NC(C(=O)NC[C@H](O)c1ccc(F)cc1F)C(C)C. The van der Waals surface area contributed by atoms with Crippen molar-refractivity contribution in [3.8, 4) is 0 Å². The number of benzene rings is 1. The Morgan fingerprint density at radius 1 is 1.16 bits per heavy atom. The van der Waals surface area contributed by atoms with Crippen LogP contribution in [-0.4, -0.2) is 29.5 Å². The lowest BCUT2D eigenvalue weighted by molar-refractivity contribution is -0.130. The molecule has 0 saturated carbocycles. The van der Waals surface area contributed by atoms with Gasteiger partial charge in [-0.15, -0.1) is 0 Å². The molecule has 1 unspecified atom stereocenters. The molecule has 0 spiro atoms. The van der Waals surface area contributed by atoms with Crippen LogP contribution in [0.15, 0.2) is 18.2 Å². The van der Waals surface area contributed by atoms with Crippen LogP contribution < -0.4 is 10.6 Å². The van der Waals surface area contributed by atoms with E-state index in [2.05, 4.69) is 10.6 Å². The summed E-state index contributed by atoms with van der Waals surface area (Å²) in [5, 5.41) is 15.2. The zero-order valence-electron chi connectivity index (χ0n) is 15.0. The standard InChI is InChI=1S/C18H26F2N2O3/c1-10(2)7-16(24)22-17(11(3)4)18(25)21-9-15(23)13-6-5-12(19)8-14(13)20/h5-6,8,10-11,15,17,23H,7,9H2,1-4H3,(H,21,25)(H,22,24)/t15-,17?/m0/s1. The van der Waals surface area contributed by atoms with E-state index >= 15 is 0 Å². The third-order valence-corrected chi connectivity index (χ3v) is 3.65. The summed E-state index contributed by atoms with van der Waals surface area (Å²) in [6, 6.07) is 2.08. The minimum absolute atomic E-state index is 0.105. The molecule has 1 aromatic carbocycles. The van der Waals surface area contributed by atoms with Crippen molar-refractivity contribution in [2.75, 3.05) is 6.54 Å². The van der Waals surface area contributed by atoms with E-state index in [-0.39, 0.29) is 29.9 Å².